The molecule has 0 aliphatic heterocycles. The van der Waals surface area contributed by atoms with Crippen molar-refractivity contribution in [1.29, 1.82) is 0 Å². The summed E-state index contributed by atoms with van der Waals surface area (Å²) >= 11 is 5.50. The Morgan fingerprint density at radius 1 is 1.47 bits per heavy atom. The van der Waals surface area contributed by atoms with Crippen LogP contribution in [0.1, 0.15) is 10.5 Å². The smallest absolute Gasteiger partial charge is 0.278 e. The molecule has 0 bridgehead atoms. The summed E-state index contributed by atoms with van der Waals surface area (Å²) in [7, 11) is 0. The van der Waals surface area contributed by atoms with Crippen molar-refractivity contribution < 1.29 is 4.79 Å². The van der Waals surface area contributed by atoms with E-state index < -0.39 is 5.91 Å². The van der Waals surface area contributed by atoms with E-state index in [4.69, 9.17) is 11.8 Å². The molecule has 0 atom stereocenters. The molecule has 0 aliphatic carbocycles. The molecule has 0 saturated carbocycles. The molecule has 0 fully saturated rings. The van der Waals surface area contributed by atoms with E-state index in [2.05, 4.69) is 30.8 Å². The fraction of sp³-hybridized carbons (Fsp3) is 0. The lowest BCUT2D eigenvalue weighted by molar-refractivity contribution is 0.102. The number of anilines is 1. The van der Waals surface area contributed by atoms with Gasteiger partial charge in [0.1, 0.15) is 5.69 Å². The predicted molar refractivity (Wildman–Crippen MR) is 49.1 cm³/mol. The molecule has 2 heterocycles. The highest BCUT2D eigenvalue weighted by atomic mass is 35.5. The van der Waals surface area contributed by atoms with Gasteiger partial charge in [0, 0.05) is 24.2 Å². The third-order valence-electron chi connectivity index (χ3n) is 1.45. The molecular weight excluding hydrogens is 222 g/mol. The molecule has 1 N–H and O–H groups in total. The Hall–Kier alpha value is -2.09. The first kappa shape index (κ1) is 9.46. The molecule has 0 radical (unpaired) electrons. The summed E-state index contributed by atoms with van der Waals surface area (Å²) in [6, 6.07) is 0. The Labute approximate surface area is 88.4 Å². The SMILES string of the molecule is O=C(Nc1nnnn1Cl)c1cnccn1. The van der Waals surface area contributed by atoms with Gasteiger partial charge in [-0.15, -0.1) is 4.20 Å². The molecule has 0 saturated heterocycles. The molecule has 2 rings (SSSR count). The monoisotopic (exact) mass is 225 g/mol. The Morgan fingerprint density at radius 2 is 2.33 bits per heavy atom. The van der Waals surface area contributed by atoms with E-state index in [1.165, 1.54) is 18.6 Å². The molecule has 0 aliphatic rings. The third-order valence-corrected chi connectivity index (χ3v) is 1.68. The first-order chi connectivity index (χ1) is 7.27. The fourth-order valence-electron chi connectivity index (χ4n) is 0.830. The zero-order chi connectivity index (χ0) is 10.7. The van der Waals surface area contributed by atoms with Gasteiger partial charge in [-0.05, 0) is 10.4 Å². The van der Waals surface area contributed by atoms with Crippen molar-refractivity contribution in [1.82, 2.24) is 29.7 Å². The zero-order valence-electron chi connectivity index (χ0n) is 7.20. The number of rotatable bonds is 2. The van der Waals surface area contributed by atoms with Crippen LogP contribution in [0.2, 0.25) is 0 Å². The molecule has 0 aromatic carbocycles. The lowest BCUT2D eigenvalue weighted by Gasteiger charge is -1.99. The van der Waals surface area contributed by atoms with Crippen molar-refractivity contribution in [2.24, 2.45) is 0 Å². The number of nitrogens with zero attached hydrogens (tertiary/aromatic N) is 6. The quantitative estimate of drug-likeness (QED) is 0.755. The van der Waals surface area contributed by atoms with Crippen LogP contribution in [-0.2, 0) is 0 Å². The number of aromatic nitrogens is 6. The van der Waals surface area contributed by atoms with Gasteiger partial charge in [-0.1, -0.05) is 5.10 Å². The van der Waals surface area contributed by atoms with Gasteiger partial charge < -0.3 is 0 Å². The van der Waals surface area contributed by atoms with E-state index in [9.17, 15) is 4.79 Å². The average molecular weight is 226 g/mol. The van der Waals surface area contributed by atoms with E-state index in [1.807, 2.05) is 0 Å². The second-order valence-corrected chi connectivity index (χ2v) is 2.73. The molecule has 1 amide bonds. The molecule has 2 aromatic rings. The van der Waals surface area contributed by atoms with Gasteiger partial charge in [-0.3, -0.25) is 15.1 Å². The van der Waals surface area contributed by atoms with E-state index in [-0.39, 0.29) is 11.6 Å². The van der Waals surface area contributed by atoms with E-state index >= 15 is 0 Å². The maximum absolute atomic E-state index is 11.5. The minimum Gasteiger partial charge on any atom is -0.287 e. The number of carbonyl (C=O) groups excluding carboxylic acids is 1. The summed E-state index contributed by atoms with van der Waals surface area (Å²) in [5, 5.41) is 12.4. The second-order valence-electron chi connectivity index (χ2n) is 2.41. The Kier molecular flexibility index (Phi) is 2.50. The molecule has 8 nitrogen and oxygen atoms in total. The van der Waals surface area contributed by atoms with Crippen molar-refractivity contribution in [3.8, 4) is 0 Å². The lowest BCUT2D eigenvalue weighted by Crippen LogP contribution is -2.15. The van der Waals surface area contributed by atoms with E-state index in [1.54, 1.807) is 0 Å². The fourth-order valence-corrected chi connectivity index (χ4v) is 0.936. The number of tetrazole rings is 1. The average Bonchev–Trinajstić information content (AvgIpc) is 2.66. The van der Waals surface area contributed by atoms with Crippen LogP contribution in [0.4, 0.5) is 5.95 Å². The standard InChI is InChI=1S/C6H4ClN7O/c7-14-6(11-12-13-14)10-5(15)4-3-8-1-2-9-4/h1-3H,(H,10,11,13,15). The number of nitrogens with one attached hydrogen (secondary N) is 1. The minimum atomic E-state index is -0.486. The van der Waals surface area contributed by atoms with Crippen LogP contribution in [-0.4, -0.2) is 35.6 Å². The third kappa shape index (κ3) is 2.05. The van der Waals surface area contributed by atoms with Crippen molar-refractivity contribution in [2.45, 2.75) is 0 Å². The molecule has 2 aromatic heterocycles. The normalized spacial score (nSPS) is 9.93. The van der Waals surface area contributed by atoms with Gasteiger partial charge in [0.05, 0.1) is 6.20 Å². The highest BCUT2D eigenvalue weighted by Crippen LogP contribution is 2.02. The Balaban J connectivity index is 2.15. The van der Waals surface area contributed by atoms with Crippen LogP contribution in [0.15, 0.2) is 18.6 Å². The van der Waals surface area contributed by atoms with Crippen molar-refractivity contribution >= 4 is 23.6 Å². The summed E-state index contributed by atoms with van der Waals surface area (Å²) in [5.74, 6) is -0.466. The molecule has 9 heteroatoms. The Bertz CT molecular complexity index is 469. The maximum Gasteiger partial charge on any atom is 0.278 e. The predicted octanol–water partition coefficient (Wildman–Crippen LogP) is -0.283. The minimum absolute atomic E-state index is 0.0207. The highest BCUT2D eigenvalue weighted by Gasteiger charge is 2.11. The molecular formula is C6H4ClN7O. The van der Waals surface area contributed by atoms with Crippen molar-refractivity contribution in [3.05, 3.63) is 24.3 Å². The lowest BCUT2D eigenvalue weighted by atomic mass is 10.4. The van der Waals surface area contributed by atoms with Crippen LogP contribution in [0, 0.1) is 0 Å². The van der Waals surface area contributed by atoms with E-state index in [0.29, 0.717) is 0 Å². The number of halogens is 1. The van der Waals surface area contributed by atoms with E-state index in [0.717, 1.165) is 4.20 Å². The maximum atomic E-state index is 11.5. The van der Waals surface area contributed by atoms with Crippen molar-refractivity contribution in [2.75, 3.05) is 5.32 Å². The molecule has 15 heavy (non-hydrogen) atoms. The number of hydrogen-bond donors (Lipinski definition) is 1. The molecule has 0 spiro atoms. The molecule has 0 unspecified atom stereocenters. The summed E-state index contributed by atoms with van der Waals surface area (Å²) < 4.78 is 0.814. The number of hydrogen-bond acceptors (Lipinski definition) is 6. The Morgan fingerprint density at radius 3 is 2.93 bits per heavy atom. The van der Waals surface area contributed by atoms with Crippen LogP contribution in [0.3, 0.4) is 0 Å². The van der Waals surface area contributed by atoms with Gasteiger partial charge in [0.2, 0.25) is 0 Å². The summed E-state index contributed by atoms with van der Waals surface area (Å²) in [5.41, 5.74) is 0.150. The number of carbonyl (C=O) groups is 1. The second kappa shape index (κ2) is 3.96. The summed E-state index contributed by atoms with van der Waals surface area (Å²) in [4.78, 5) is 19.0. The number of amides is 1. The van der Waals surface area contributed by atoms with Gasteiger partial charge in [-0.2, -0.15) is 0 Å². The highest BCUT2D eigenvalue weighted by molar-refractivity contribution is 6.16. The van der Waals surface area contributed by atoms with Crippen LogP contribution < -0.4 is 5.32 Å². The van der Waals surface area contributed by atoms with Gasteiger partial charge in [0.25, 0.3) is 11.9 Å². The summed E-state index contributed by atoms with van der Waals surface area (Å²) in [6.45, 7) is 0. The van der Waals surface area contributed by atoms with Gasteiger partial charge in [-0.25, -0.2) is 4.98 Å². The van der Waals surface area contributed by atoms with Gasteiger partial charge >= 0.3 is 0 Å². The van der Waals surface area contributed by atoms with Gasteiger partial charge in [0.15, 0.2) is 0 Å². The first-order valence-electron chi connectivity index (χ1n) is 3.79. The zero-order valence-corrected chi connectivity index (χ0v) is 7.96. The van der Waals surface area contributed by atoms with Crippen molar-refractivity contribution in [3.63, 3.8) is 0 Å². The first-order valence-corrected chi connectivity index (χ1v) is 4.13. The largest absolute Gasteiger partial charge is 0.287 e. The van der Waals surface area contributed by atoms with Crippen LogP contribution in [0.5, 0.6) is 0 Å². The van der Waals surface area contributed by atoms with Crippen LogP contribution >= 0.6 is 11.8 Å². The van der Waals surface area contributed by atoms with Crippen LogP contribution in [0.25, 0.3) is 0 Å². The summed E-state index contributed by atoms with van der Waals surface area (Å²) in [6.07, 6.45) is 4.18. The topological polar surface area (TPSA) is 98.5 Å². The molecule has 76 valence electrons.